The van der Waals surface area contributed by atoms with Crippen molar-refractivity contribution in [1.29, 1.82) is 0 Å². The van der Waals surface area contributed by atoms with Crippen LogP contribution in [0.4, 0.5) is 4.79 Å². The van der Waals surface area contributed by atoms with Gasteiger partial charge in [-0.25, -0.2) is 13.2 Å². The van der Waals surface area contributed by atoms with Gasteiger partial charge in [0.15, 0.2) is 0 Å². The molecule has 0 N–H and O–H groups in total. The number of hydrogen-bond donors (Lipinski definition) is 0. The summed E-state index contributed by atoms with van der Waals surface area (Å²) in [6.07, 6.45) is 4.42. The maximum absolute atomic E-state index is 14.5. The number of piperazine rings is 1. The van der Waals surface area contributed by atoms with Crippen LogP contribution >= 0.6 is 11.6 Å². The third kappa shape index (κ3) is 8.80. The second-order valence-corrected chi connectivity index (χ2v) is 17.7. The summed E-state index contributed by atoms with van der Waals surface area (Å²) in [5.74, 6) is 1.12. The summed E-state index contributed by atoms with van der Waals surface area (Å²) in [7, 11) is -4.09. The highest BCUT2D eigenvalue weighted by atomic mass is 35.5. The van der Waals surface area contributed by atoms with Gasteiger partial charge in [0.25, 0.3) is 0 Å². The summed E-state index contributed by atoms with van der Waals surface area (Å²) in [5, 5.41) is 2.32. The first-order chi connectivity index (χ1) is 25.8. The summed E-state index contributed by atoms with van der Waals surface area (Å²) in [6.45, 7) is 6.66. The lowest BCUT2D eigenvalue weighted by Crippen LogP contribution is -2.59. The van der Waals surface area contributed by atoms with Crippen LogP contribution in [-0.2, 0) is 19.6 Å². The average Bonchev–Trinajstić information content (AvgIpc) is 3.67. The van der Waals surface area contributed by atoms with E-state index in [-0.39, 0.29) is 56.1 Å². The first-order valence-electron chi connectivity index (χ1n) is 18.8. The molecular formula is C42H48ClN3O7S. The predicted octanol–water partition coefficient (Wildman–Crippen LogP) is 8.16. The van der Waals surface area contributed by atoms with Crippen molar-refractivity contribution in [2.24, 2.45) is 0 Å². The highest BCUT2D eigenvalue weighted by molar-refractivity contribution is 7.89. The van der Waals surface area contributed by atoms with Gasteiger partial charge in [-0.15, -0.1) is 0 Å². The van der Waals surface area contributed by atoms with Gasteiger partial charge in [-0.05, 0) is 123 Å². The molecule has 0 spiro atoms. The van der Waals surface area contributed by atoms with E-state index in [4.69, 9.17) is 25.8 Å². The van der Waals surface area contributed by atoms with Crippen LogP contribution in [0.2, 0.25) is 5.02 Å². The number of fused-ring (bicyclic) bond motifs is 1. The van der Waals surface area contributed by atoms with Crippen molar-refractivity contribution < 1.29 is 32.2 Å². The number of hydrogen-bond acceptors (Lipinski definition) is 7. The van der Waals surface area contributed by atoms with Crippen molar-refractivity contribution in [3.63, 3.8) is 0 Å². The summed E-state index contributed by atoms with van der Waals surface area (Å²) in [4.78, 5) is 30.5. The molecule has 2 aliphatic heterocycles. The average molecular weight is 774 g/mol. The third-order valence-corrected chi connectivity index (χ3v) is 12.5. The Morgan fingerprint density at radius 1 is 0.685 bits per heavy atom. The van der Waals surface area contributed by atoms with Gasteiger partial charge in [0.1, 0.15) is 29.2 Å². The van der Waals surface area contributed by atoms with Crippen molar-refractivity contribution in [3.05, 3.63) is 90.0 Å². The molecule has 12 heteroatoms. The largest absolute Gasteiger partial charge is 0.490 e. The number of ether oxygens (including phenoxy) is 3. The molecular weight excluding hydrogens is 726 g/mol. The topological polar surface area (TPSA) is 106 Å². The van der Waals surface area contributed by atoms with Crippen molar-refractivity contribution in [2.45, 2.75) is 88.0 Å². The van der Waals surface area contributed by atoms with E-state index in [1.54, 1.807) is 28.0 Å². The number of halogens is 1. The van der Waals surface area contributed by atoms with Crippen LogP contribution in [0.3, 0.4) is 0 Å². The number of carbonyl (C=O) groups is 2. The maximum atomic E-state index is 14.5. The highest BCUT2D eigenvalue weighted by Gasteiger charge is 2.44. The lowest BCUT2D eigenvalue weighted by Gasteiger charge is -2.42. The van der Waals surface area contributed by atoms with E-state index >= 15 is 0 Å². The summed E-state index contributed by atoms with van der Waals surface area (Å²) < 4.78 is 48.4. The molecule has 0 bridgehead atoms. The quantitative estimate of drug-likeness (QED) is 0.178. The van der Waals surface area contributed by atoms with Gasteiger partial charge in [0, 0.05) is 44.2 Å². The van der Waals surface area contributed by atoms with Crippen LogP contribution in [0, 0.1) is 0 Å². The molecule has 4 aromatic rings. The Kier molecular flexibility index (Phi) is 11.1. The molecule has 286 valence electrons. The molecule has 0 aromatic heterocycles. The van der Waals surface area contributed by atoms with Crippen LogP contribution in [0.15, 0.2) is 89.8 Å². The van der Waals surface area contributed by atoms with Crippen molar-refractivity contribution in [2.75, 3.05) is 32.7 Å². The third-order valence-electron chi connectivity index (χ3n) is 10.4. The Morgan fingerprint density at radius 2 is 1.26 bits per heavy atom. The zero-order valence-corrected chi connectivity index (χ0v) is 32.7. The number of benzene rings is 4. The molecule has 2 saturated heterocycles. The lowest BCUT2D eigenvalue weighted by molar-refractivity contribution is -0.139. The molecule has 3 fully saturated rings. The highest BCUT2D eigenvalue weighted by Crippen LogP contribution is 2.33. The van der Waals surface area contributed by atoms with E-state index in [1.165, 1.54) is 17.1 Å². The van der Waals surface area contributed by atoms with Crippen LogP contribution < -0.4 is 9.47 Å². The number of piperidine rings is 1. The summed E-state index contributed by atoms with van der Waals surface area (Å²) in [6, 6.07) is 25.2. The van der Waals surface area contributed by atoms with Gasteiger partial charge in [0.05, 0.1) is 11.0 Å². The minimum Gasteiger partial charge on any atom is -0.490 e. The SMILES string of the molecule is CC(C)(C)OC(=O)N1CCN(C(=O)[C@H]2C[C@H](Oc3ccc(-c4ccc(Cl)cc4)cc3)CCN2S(=O)(=O)c2ccc3cc(OC4CCCC4)ccc3c2)CC1. The van der Waals surface area contributed by atoms with Gasteiger partial charge >= 0.3 is 6.09 Å². The van der Waals surface area contributed by atoms with E-state index < -0.39 is 33.9 Å². The van der Waals surface area contributed by atoms with Crippen LogP contribution in [0.1, 0.15) is 59.3 Å². The molecule has 7 rings (SSSR count). The Labute approximate surface area is 323 Å². The zero-order chi connectivity index (χ0) is 38.0. The molecule has 1 saturated carbocycles. The van der Waals surface area contributed by atoms with Gasteiger partial charge in [-0.1, -0.05) is 48.0 Å². The fourth-order valence-corrected chi connectivity index (χ4v) is 9.28. The standard InChI is InChI=1S/C42H48ClN3O7S/c1-42(2,3)53-41(48)45-24-22-44(23-25-45)40(47)39-28-37(52-35-16-10-30(11-17-35)29-8-14-33(43)15-9-29)20-21-46(39)54(49,50)38-19-13-31-26-36(18-12-32(31)27-38)51-34-6-4-5-7-34/h8-19,26-27,34,37,39H,4-7,20-25,28H2,1-3H3/t37-,39-/m1/s1. The number of amides is 2. The fourth-order valence-electron chi connectivity index (χ4n) is 7.51. The van der Waals surface area contributed by atoms with Gasteiger partial charge in [-0.3, -0.25) is 4.79 Å². The molecule has 2 amide bonds. The molecule has 1 aliphatic carbocycles. The van der Waals surface area contributed by atoms with E-state index in [0.29, 0.717) is 17.2 Å². The Balaban J connectivity index is 1.10. The predicted molar refractivity (Wildman–Crippen MR) is 209 cm³/mol. The molecule has 4 aromatic carbocycles. The Hall–Kier alpha value is -4.32. The van der Waals surface area contributed by atoms with E-state index in [0.717, 1.165) is 40.5 Å². The van der Waals surface area contributed by atoms with Crippen molar-refractivity contribution >= 4 is 44.4 Å². The minimum atomic E-state index is -4.09. The fraction of sp³-hybridized carbons (Fsp3) is 0.429. The Morgan fingerprint density at radius 3 is 1.93 bits per heavy atom. The van der Waals surface area contributed by atoms with Crippen LogP contribution in [-0.4, -0.2) is 91.1 Å². The Bertz CT molecular complexity index is 2070. The molecule has 0 unspecified atom stereocenters. The van der Waals surface area contributed by atoms with Gasteiger partial charge < -0.3 is 24.0 Å². The minimum absolute atomic E-state index is 0.107. The van der Waals surface area contributed by atoms with E-state index in [1.807, 2.05) is 87.5 Å². The number of rotatable bonds is 8. The second-order valence-electron chi connectivity index (χ2n) is 15.4. The summed E-state index contributed by atoms with van der Waals surface area (Å²) in [5.41, 5.74) is 1.39. The molecule has 54 heavy (non-hydrogen) atoms. The molecule has 2 heterocycles. The first-order valence-corrected chi connectivity index (χ1v) is 20.7. The molecule has 2 atom stereocenters. The van der Waals surface area contributed by atoms with Crippen molar-refractivity contribution in [3.8, 4) is 22.6 Å². The maximum Gasteiger partial charge on any atom is 0.410 e. The second kappa shape index (κ2) is 15.8. The smallest absolute Gasteiger partial charge is 0.410 e. The van der Waals surface area contributed by atoms with E-state index in [9.17, 15) is 18.0 Å². The van der Waals surface area contributed by atoms with Crippen LogP contribution in [0.5, 0.6) is 11.5 Å². The summed E-state index contributed by atoms with van der Waals surface area (Å²) >= 11 is 6.07. The first kappa shape index (κ1) is 38.0. The number of sulfonamides is 1. The van der Waals surface area contributed by atoms with Gasteiger partial charge in [-0.2, -0.15) is 4.31 Å². The normalized spacial score (nSPS) is 20.2. The van der Waals surface area contributed by atoms with E-state index in [2.05, 4.69) is 0 Å². The monoisotopic (exact) mass is 773 g/mol. The van der Waals surface area contributed by atoms with Crippen LogP contribution in [0.25, 0.3) is 21.9 Å². The molecule has 10 nitrogen and oxygen atoms in total. The number of carbonyl (C=O) groups excluding carboxylic acids is 2. The van der Waals surface area contributed by atoms with Crippen molar-refractivity contribution in [1.82, 2.24) is 14.1 Å². The van der Waals surface area contributed by atoms with Gasteiger partial charge in [0.2, 0.25) is 15.9 Å². The lowest BCUT2D eigenvalue weighted by atomic mass is 10.00. The number of nitrogens with zero attached hydrogens (tertiary/aromatic N) is 3. The molecule has 0 radical (unpaired) electrons. The zero-order valence-electron chi connectivity index (χ0n) is 31.1. The molecule has 3 aliphatic rings.